The fourth-order valence-electron chi connectivity index (χ4n) is 0.716. The summed E-state index contributed by atoms with van der Waals surface area (Å²) in [6, 6.07) is 0. The molecule has 1 heterocycles. The van der Waals surface area contributed by atoms with Crippen molar-refractivity contribution < 1.29 is 30.0 Å². The summed E-state index contributed by atoms with van der Waals surface area (Å²) in [6.45, 7) is 0. The molecule has 0 saturated carbocycles. The summed E-state index contributed by atoms with van der Waals surface area (Å²) >= 11 is 4.24. The Bertz CT molecular complexity index is 284. The second-order valence-electron chi connectivity index (χ2n) is 2.07. The minimum absolute atomic E-state index is 0.257. The van der Waals surface area contributed by atoms with Crippen LogP contribution < -0.4 is 0 Å². The Morgan fingerprint density at radius 1 is 1.43 bits per heavy atom. The highest BCUT2D eigenvalue weighted by Gasteiger charge is 2.37. The Kier molecular flexibility index (Phi) is 5.99. The number of aliphatic hydroxyl groups is 4. The minimum Gasteiger partial charge on any atom is -0.512 e. The largest absolute Gasteiger partial charge is 0.512 e. The highest BCUT2D eigenvalue weighted by Crippen LogP contribution is 2.22. The second-order valence-corrected chi connectivity index (χ2v) is 2.07. The number of rotatable bonds is 1. The van der Waals surface area contributed by atoms with Crippen molar-refractivity contribution in [3.63, 3.8) is 0 Å². The molecule has 8 heteroatoms. The van der Waals surface area contributed by atoms with Gasteiger partial charge in [0.05, 0.1) is 0 Å². The molecule has 1 rings (SSSR count). The van der Waals surface area contributed by atoms with Gasteiger partial charge < -0.3 is 25.2 Å². The third-order valence-corrected chi connectivity index (χ3v) is 1.31. The van der Waals surface area contributed by atoms with Crippen LogP contribution >= 0.6 is 37.2 Å². The summed E-state index contributed by atoms with van der Waals surface area (Å²) in [5.74, 6) is -3.69. The predicted molar refractivity (Wildman–Crippen MR) is 63.5 cm³/mol. The lowest BCUT2D eigenvalue weighted by atomic mass is 10.2. The smallest absolute Gasteiger partial charge is 0.378 e. The molecule has 6 nitrogen and oxygen atoms in total. The first-order chi connectivity index (χ1) is 6.57. The summed E-state index contributed by atoms with van der Waals surface area (Å²) in [4.78, 5) is 10.5. The zero-order chi connectivity index (χ0) is 11.3. The van der Waals surface area contributed by atoms with E-state index in [1.165, 1.54) is 0 Å². The molecule has 1 aliphatic heterocycles. The Morgan fingerprint density at radius 3 is 2.21 bits per heavy atom. The van der Waals surface area contributed by atoms with Gasteiger partial charge in [-0.1, -0.05) is 0 Å². The molecule has 4 N–H and O–H groups in total. The normalized spacial score (nSPS) is 21.4. The van der Waals surface area contributed by atoms with E-state index < -0.39 is 29.4 Å². The molecule has 0 unspecified atom stereocenters. The molecule has 0 fully saturated rings. The molecule has 0 saturated heterocycles. The van der Waals surface area contributed by atoms with Crippen LogP contribution in [0.25, 0.3) is 0 Å². The van der Waals surface area contributed by atoms with Crippen molar-refractivity contribution in [2.45, 2.75) is 6.10 Å². The molecule has 1 aliphatic rings. The van der Waals surface area contributed by atoms with Crippen LogP contribution in [0, 0.1) is 0 Å². The molecular formula is C6H6I2O6. The van der Waals surface area contributed by atoms with Crippen molar-refractivity contribution in [3.8, 4) is 0 Å². The number of hydrogen-bond acceptors (Lipinski definition) is 6. The topological polar surface area (TPSA) is 107 Å². The lowest BCUT2D eigenvalue weighted by Gasteiger charge is -2.06. The summed E-state index contributed by atoms with van der Waals surface area (Å²) in [5, 5.41) is 34.7. The zero-order valence-electron chi connectivity index (χ0n) is 6.52. The maximum absolute atomic E-state index is 10.5. The monoisotopic (exact) mass is 428 g/mol. The fourth-order valence-corrected chi connectivity index (χ4v) is 0.716. The third kappa shape index (κ3) is 2.80. The highest BCUT2D eigenvalue weighted by atomic mass is 128. The average molecular weight is 428 g/mol. The van der Waals surface area contributed by atoms with E-state index in [4.69, 9.17) is 20.4 Å². The van der Waals surface area contributed by atoms with E-state index in [1.54, 1.807) is 0 Å². The van der Waals surface area contributed by atoms with Crippen molar-refractivity contribution >= 4 is 43.2 Å². The van der Waals surface area contributed by atoms with Crippen LogP contribution in [0.2, 0.25) is 0 Å². The third-order valence-electron chi connectivity index (χ3n) is 1.31. The van der Waals surface area contributed by atoms with Gasteiger partial charge >= 0.3 is 5.97 Å². The Balaban J connectivity index is 0.000000791. The summed E-state index contributed by atoms with van der Waals surface area (Å²) < 4.78 is 4.25. The van der Waals surface area contributed by atoms with Crippen LogP contribution in [-0.4, -0.2) is 32.5 Å². The first-order valence-electron chi connectivity index (χ1n) is 3.08. The van der Waals surface area contributed by atoms with Crippen molar-refractivity contribution in [2.75, 3.05) is 0 Å². The van der Waals surface area contributed by atoms with Crippen LogP contribution in [0.3, 0.4) is 0 Å². The summed E-state index contributed by atoms with van der Waals surface area (Å²) in [6.07, 6.45) is -1.24. The molecule has 0 bridgehead atoms. The van der Waals surface area contributed by atoms with Crippen molar-refractivity contribution in [3.05, 3.63) is 23.5 Å². The number of carbonyl (C=O) groups excluding carboxylic acids is 1. The van der Waals surface area contributed by atoms with E-state index in [0.29, 0.717) is 0 Å². The maximum Gasteiger partial charge on any atom is 0.378 e. The SMILES string of the molecule is II.O=C1O[C@H](/C(O)=C/O)C(O)=C1O. The molecular weight excluding hydrogens is 422 g/mol. The minimum atomic E-state index is -1.50. The summed E-state index contributed by atoms with van der Waals surface area (Å²) in [5.41, 5.74) is 0. The first-order valence-corrected chi connectivity index (χ1v) is 9.37. The lowest BCUT2D eigenvalue weighted by Crippen LogP contribution is -2.14. The van der Waals surface area contributed by atoms with E-state index in [9.17, 15) is 4.79 Å². The van der Waals surface area contributed by atoms with Gasteiger partial charge in [0.25, 0.3) is 0 Å². The van der Waals surface area contributed by atoms with Gasteiger partial charge in [-0.25, -0.2) is 4.79 Å². The zero-order valence-corrected chi connectivity index (χ0v) is 10.8. The molecule has 80 valence electrons. The quantitative estimate of drug-likeness (QED) is 0.289. The van der Waals surface area contributed by atoms with Gasteiger partial charge in [0.2, 0.25) is 11.9 Å². The molecule has 0 aromatic rings. The van der Waals surface area contributed by atoms with Gasteiger partial charge in [0, 0.05) is 37.2 Å². The van der Waals surface area contributed by atoms with E-state index in [-0.39, 0.29) is 6.26 Å². The number of cyclic esters (lactones) is 1. The number of esters is 1. The van der Waals surface area contributed by atoms with Crippen LogP contribution in [-0.2, 0) is 9.53 Å². The Hall–Kier alpha value is -0.390. The molecule has 0 aromatic carbocycles. The van der Waals surface area contributed by atoms with E-state index in [2.05, 4.69) is 42.0 Å². The predicted octanol–water partition coefficient (Wildman–Crippen LogP) is 1.97. The molecule has 14 heavy (non-hydrogen) atoms. The van der Waals surface area contributed by atoms with E-state index >= 15 is 0 Å². The molecule has 0 spiro atoms. The fraction of sp³-hybridized carbons (Fsp3) is 0.167. The standard InChI is InChI=1S/C6H6O6.I2/c7-1-2(8)5-3(9)4(10)6(11)12-5;1-2/h1,5,7-10H;/b2-1-;/t5-;/m1./s1. The van der Waals surface area contributed by atoms with Crippen LogP contribution in [0.4, 0.5) is 0 Å². The van der Waals surface area contributed by atoms with Gasteiger partial charge in [-0.15, -0.1) is 0 Å². The van der Waals surface area contributed by atoms with Gasteiger partial charge in [-0.3, -0.25) is 0 Å². The molecule has 0 radical (unpaired) electrons. The molecule has 1 atom stereocenters. The highest BCUT2D eigenvalue weighted by molar-refractivity contribution is 15.0. The number of carbonyl (C=O) groups is 1. The van der Waals surface area contributed by atoms with E-state index in [0.717, 1.165) is 0 Å². The maximum atomic E-state index is 10.5. The lowest BCUT2D eigenvalue weighted by molar-refractivity contribution is -0.142. The van der Waals surface area contributed by atoms with Gasteiger partial charge in [0.1, 0.15) is 6.26 Å². The summed E-state index contributed by atoms with van der Waals surface area (Å²) in [7, 11) is 0. The molecule has 0 aliphatic carbocycles. The number of hydrogen-bond donors (Lipinski definition) is 4. The van der Waals surface area contributed by atoms with Gasteiger partial charge in [-0.2, -0.15) is 0 Å². The van der Waals surface area contributed by atoms with Gasteiger partial charge in [-0.05, 0) is 0 Å². The number of halogens is 2. The second kappa shape index (κ2) is 6.16. The average Bonchev–Trinajstić information content (AvgIpc) is 2.48. The van der Waals surface area contributed by atoms with Gasteiger partial charge in [0.15, 0.2) is 11.5 Å². The number of aliphatic hydroxyl groups excluding tert-OH is 4. The van der Waals surface area contributed by atoms with Crippen LogP contribution in [0.15, 0.2) is 23.5 Å². The van der Waals surface area contributed by atoms with Crippen molar-refractivity contribution in [1.29, 1.82) is 0 Å². The Morgan fingerprint density at radius 2 is 1.93 bits per heavy atom. The van der Waals surface area contributed by atoms with Crippen molar-refractivity contribution in [1.82, 2.24) is 0 Å². The van der Waals surface area contributed by atoms with Crippen LogP contribution in [0.1, 0.15) is 0 Å². The number of ether oxygens (including phenoxy) is 1. The van der Waals surface area contributed by atoms with Crippen molar-refractivity contribution in [2.24, 2.45) is 0 Å². The molecule has 0 aromatic heterocycles. The molecule has 0 amide bonds. The van der Waals surface area contributed by atoms with E-state index in [1.807, 2.05) is 0 Å². The Labute approximate surface area is 102 Å². The first kappa shape index (κ1) is 13.6. The van der Waals surface area contributed by atoms with Crippen LogP contribution in [0.5, 0.6) is 0 Å².